The van der Waals surface area contributed by atoms with E-state index in [2.05, 4.69) is 63.4 Å². The molecule has 0 radical (unpaired) electrons. The molecular formula is C25H40IN7. The molecule has 4 rings (SSSR count). The lowest BCUT2D eigenvalue weighted by Gasteiger charge is -2.37. The van der Waals surface area contributed by atoms with Gasteiger partial charge in [-0.2, -0.15) is 0 Å². The van der Waals surface area contributed by atoms with Crippen LogP contribution in [0.4, 0.5) is 0 Å². The second kappa shape index (κ2) is 12.1. The number of nitrogens with zero attached hydrogens (tertiary/aromatic N) is 6. The molecule has 2 heterocycles. The van der Waals surface area contributed by atoms with Gasteiger partial charge in [-0.3, -0.25) is 4.90 Å². The van der Waals surface area contributed by atoms with E-state index >= 15 is 0 Å². The second-order valence-electron chi connectivity index (χ2n) is 9.65. The van der Waals surface area contributed by atoms with E-state index < -0.39 is 0 Å². The molecule has 1 saturated heterocycles. The highest BCUT2D eigenvalue weighted by Gasteiger charge is 2.23. The third-order valence-electron chi connectivity index (χ3n) is 6.97. The van der Waals surface area contributed by atoms with Gasteiger partial charge < -0.3 is 14.8 Å². The molecule has 0 spiro atoms. The van der Waals surface area contributed by atoms with Crippen LogP contribution in [0.25, 0.3) is 0 Å². The van der Waals surface area contributed by atoms with Crippen LogP contribution in [-0.2, 0) is 20.1 Å². The standard InChI is InChI=1S/C25H39N7.HI/c1-19(2)22-11-9-21(10-12-22)18-31-13-15-32(16-14-31)25(27-23-7-5-6-8-23)26-17-24-29-28-20(3)30(24)4;/h9-12,19,23H,5-8,13-18H2,1-4H3,(H,26,27);1H. The average molecular weight is 566 g/mol. The molecule has 2 aromatic rings. The van der Waals surface area contributed by atoms with Crippen LogP contribution >= 0.6 is 24.0 Å². The summed E-state index contributed by atoms with van der Waals surface area (Å²) in [5.41, 5.74) is 2.81. The van der Waals surface area contributed by atoms with E-state index in [0.717, 1.165) is 50.3 Å². The summed E-state index contributed by atoms with van der Waals surface area (Å²) in [6.07, 6.45) is 5.12. The molecule has 1 aliphatic heterocycles. The first-order chi connectivity index (χ1) is 15.5. The van der Waals surface area contributed by atoms with E-state index in [1.807, 2.05) is 18.5 Å². The number of halogens is 1. The summed E-state index contributed by atoms with van der Waals surface area (Å²) in [7, 11) is 2.01. The number of aliphatic imine (C=N–C) groups is 1. The topological polar surface area (TPSA) is 61.6 Å². The molecule has 1 aromatic heterocycles. The second-order valence-corrected chi connectivity index (χ2v) is 9.65. The summed E-state index contributed by atoms with van der Waals surface area (Å²) < 4.78 is 2.03. The summed E-state index contributed by atoms with van der Waals surface area (Å²) >= 11 is 0. The number of benzene rings is 1. The minimum absolute atomic E-state index is 0. The number of hydrogen-bond donors (Lipinski definition) is 1. The lowest BCUT2D eigenvalue weighted by molar-refractivity contribution is 0.171. The molecule has 0 amide bonds. The van der Waals surface area contributed by atoms with Crippen molar-refractivity contribution in [3.05, 3.63) is 47.0 Å². The van der Waals surface area contributed by atoms with Crippen LogP contribution < -0.4 is 5.32 Å². The Morgan fingerprint density at radius 2 is 1.73 bits per heavy atom. The van der Waals surface area contributed by atoms with Crippen molar-refractivity contribution in [2.45, 2.75) is 71.5 Å². The number of guanidine groups is 1. The minimum atomic E-state index is 0. The molecule has 8 heteroatoms. The van der Waals surface area contributed by atoms with Gasteiger partial charge in [0, 0.05) is 45.8 Å². The van der Waals surface area contributed by atoms with E-state index in [0.29, 0.717) is 18.5 Å². The van der Waals surface area contributed by atoms with Gasteiger partial charge in [-0.25, -0.2) is 4.99 Å². The zero-order chi connectivity index (χ0) is 22.5. The fourth-order valence-corrected chi connectivity index (χ4v) is 4.61. The van der Waals surface area contributed by atoms with Crippen molar-refractivity contribution in [2.75, 3.05) is 26.2 Å². The monoisotopic (exact) mass is 565 g/mol. The number of aryl methyl sites for hydroxylation is 1. The fraction of sp³-hybridized carbons (Fsp3) is 0.640. The highest BCUT2D eigenvalue weighted by atomic mass is 127. The van der Waals surface area contributed by atoms with Crippen molar-refractivity contribution in [3.63, 3.8) is 0 Å². The summed E-state index contributed by atoms with van der Waals surface area (Å²) in [5.74, 6) is 3.47. The first-order valence-corrected chi connectivity index (χ1v) is 12.2. The molecule has 182 valence electrons. The molecule has 0 unspecified atom stereocenters. The maximum Gasteiger partial charge on any atom is 0.194 e. The molecule has 2 aliphatic rings. The Bertz CT molecular complexity index is 892. The Morgan fingerprint density at radius 1 is 1.06 bits per heavy atom. The van der Waals surface area contributed by atoms with Crippen molar-refractivity contribution in [1.82, 2.24) is 29.9 Å². The van der Waals surface area contributed by atoms with Crippen LogP contribution in [0.5, 0.6) is 0 Å². The SMILES string of the molecule is Cc1nnc(CN=C(NC2CCCC2)N2CCN(Cc3ccc(C(C)C)cc3)CC2)n1C.I. The largest absolute Gasteiger partial charge is 0.353 e. The van der Waals surface area contributed by atoms with Gasteiger partial charge in [0.2, 0.25) is 0 Å². The van der Waals surface area contributed by atoms with E-state index in [4.69, 9.17) is 4.99 Å². The lowest BCUT2D eigenvalue weighted by atomic mass is 10.0. The Hall–Kier alpha value is -1.68. The van der Waals surface area contributed by atoms with Gasteiger partial charge in [-0.05, 0) is 36.8 Å². The smallest absolute Gasteiger partial charge is 0.194 e. The lowest BCUT2D eigenvalue weighted by Crippen LogP contribution is -2.53. The fourth-order valence-electron chi connectivity index (χ4n) is 4.61. The summed E-state index contributed by atoms with van der Waals surface area (Å²) in [4.78, 5) is 9.97. The van der Waals surface area contributed by atoms with Crippen molar-refractivity contribution in [3.8, 4) is 0 Å². The maximum absolute atomic E-state index is 4.98. The summed E-state index contributed by atoms with van der Waals surface area (Å²) in [6, 6.07) is 9.69. The van der Waals surface area contributed by atoms with Gasteiger partial charge in [0.15, 0.2) is 11.8 Å². The molecule has 7 nitrogen and oxygen atoms in total. The molecule has 1 N–H and O–H groups in total. The minimum Gasteiger partial charge on any atom is -0.353 e. The highest BCUT2D eigenvalue weighted by molar-refractivity contribution is 14.0. The van der Waals surface area contributed by atoms with Gasteiger partial charge in [-0.1, -0.05) is 51.0 Å². The van der Waals surface area contributed by atoms with Gasteiger partial charge in [-0.15, -0.1) is 34.2 Å². The van der Waals surface area contributed by atoms with E-state index in [1.54, 1.807) is 0 Å². The number of nitrogens with one attached hydrogen (secondary N) is 1. The Morgan fingerprint density at radius 3 is 2.30 bits per heavy atom. The molecular weight excluding hydrogens is 525 g/mol. The van der Waals surface area contributed by atoms with Gasteiger partial charge in [0.1, 0.15) is 12.4 Å². The molecule has 1 aliphatic carbocycles. The summed E-state index contributed by atoms with van der Waals surface area (Å²) in [5, 5.41) is 12.2. The molecule has 0 bridgehead atoms. The van der Waals surface area contributed by atoms with Crippen LogP contribution in [0.2, 0.25) is 0 Å². The molecule has 33 heavy (non-hydrogen) atoms. The Kier molecular flexibility index (Phi) is 9.55. The molecule has 2 fully saturated rings. The van der Waals surface area contributed by atoms with Crippen molar-refractivity contribution in [2.24, 2.45) is 12.0 Å². The predicted molar refractivity (Wildman–Crippen MR) is 145 cm³/mol. The first kappa shape index (κ1) is 25.9. The van der Waals surface area contributed by atoms with Gasteiger partial charge in [0.05, 0.1) is 0 Å². The molecule has 0 atom stereocenters. The highest BCUT2D eigenvalue weighted by Crippen LogP contribution is 2.19. The van der Waals surface area contributed by atoms with Crippen LogP contribution in [0.3, 0.4) is 0 Å². The third kappa shape index (κ3) is 6.91. The molecule has 1 saturated carbocycles. The van der Waals surface area contributed by atoms with E-state index in [9.17, 15) is 0 Å². The Balaban J connectivity index is 0.00000306. The van der Waals surface area contributed by atoms with Crippen molar-refractivity contribution < 1.29 is 0 Å². The van der Waals surface area contributed by atoms with E-state index in [-0.39, 0.29) is 24.0 Å². The zero-order valence-corrected chi connectivity index (χ0v) is 23.0. The number of hydrogen-bond acceptors (Lipinski definition) is 4. The van der Waals surface area contributed by atoms with Crippen LogP contribution in [0, 0.1) is 6.92 Å². The zero-order valence-electron chi connectivity index (χ0n) is 20.6. The third-order valence-corrected chi connectivity index (χ3v) is 6.97. The van der Waals surface area contributed by atoms with E-state index in [1.165, 1.54) is 36.8 Å². The number of rotatable bonds is 6. The van der Waals surface area contributed by atoms with Crippen LogP contribution in [-0.4, -0.2) is 62.7 Å². The summed E-state index contributed by atoms with van der Waals surface area (Å²) in [6.45, 7) is 12.2. The quantitative estimate of drug-likeness (QED) is 0.325. The van der Waals surface area contributed by atoms with Crippen molar-refractivity contribution in [1.29, 1.82) is 0 Å². The van der Waals surface area contributed by atoms with Gasteiger partial charge >= 0.3 is 0 Å². The molecule has 1 aromatic carbocycles. The predicted octanol–water partition coefficient (Wildman–Crippen LogP) is 4.07. The first-order valence-electron chi connectivity index (χ1n) is 12.2. The average Bonchev–Trinajstić information content (AvgIpc) is 3.42. The van der Waals surface area contributed by atoms with Crippen LogP contribution in [0.15, 0.2) is 29.3 Å². The van der Waals surface area contributed by atoms with Gasteiger partial charge in [0.25, 0.3) is 0 Å². The Labute approximate surface area is 216 Å². The van der Waals surface area contributed by atoms with Crippen molar-refractivity contribution >= 4 is 29.9 Å². The normalized spacial score (nSPS) is 18.1. The van der Waals surface area contributed by atoms with Crippen LogP contribution in [0.1, 0.15) is 68.2 Å². The number of aromatic nitrogens is 3. The maximum atomic E-state index is 4.98. The number of piperazine rings is 1.